The Morgan fingerprint density at radius 2 is 2.16 bits per heavy atom. The van der Waals surface area contributed by atoms with Crippen LogP contribution in [-0.4, -0.2) is 10.9 Å². The quantitative estimate of drug-likeness (QED) is 0.879. The van der Waals surface area contributed by atoms with E-state index in [1.165, 1.54) is 4.88 Å². The topological polar surface area (TPSA) is 54.0 Å². The lowest BCUT2D eigenvalue weighted by molar-refractivity contribution is -0.115. The first-order valence-electron chi connectivity index (χ1n) is 6.21. The summed E-state index contributed by atoms with van der Waals surface area (Å²) in [6.07, 6.45) is 0.484. The summed E-state index contributed by atoms with van der Waals surface area (Å²) in [6, 6.07) is 7.73. The van der Waals surface area contributed by atoms with Crippen LogP contribution in [0.15, 0.2) is 29.8 Å². The van der Waals surface area contributed by atoms with Crippen LogP contribution >= 0.6 is 11.3 Å². The molecule has 0 fully saturated rings. The van der Waals surface area contributed by atoms with E-state index in [1.54, 1.807) is 11.3 Å². The second-order valence-corrected chi connectivity index (χ2v) is 5.14. The van der Waals surface area contributed by atoms with Crippen molar-refractivity contribution < 1.29 is 4.79 Å². The van der Waals surface area contributed by atoms with Crippen LogP contribution in [0, 0.1) is 6.92 Å². The SMILES string of the molecule is CCC(=O)Nc1cccc(NCc2scnc2C)c1. The molecule has 0 aliphatic rings. The summed E-state index contributed by atoms with van der Waals surface area (Å²) in [4.78, 5) is 16.8. The molecule has 0 unspecified atom stereocenters. The van der Waals surface area contributed by atoms with E-state index in [9.17, 15) is 4.79 Å². The number of thiazole rings is 1. The van der Waals surface area contributed by atoms with E-state index >= 15 is 0 Å². The Balaban J connectivity index is 1.99. The van der Waals surface area contributed by atoms with E-state index in [0.717, 1.165) is 23.6 Å². The standard InChI is InChI=1S/C14H17N3OS/c1-3-14(18)17-12-6-4-5-11(7-12)15-8-13-10(2)16-9-19-13/h4-7,9,15H,3,8H2,1-2H3,(H,17,18). The van der Waals surface area contributed by atoms with Gasteiger partial charge in [0.25, 0.3) is 0 Å². The van der Waals surface area contributed by atoms with E-state index in [-0.39, 0.29) is 5.91 Å². The Morgan fingerprint density at radius 1 is 1.37 bits per heavy atom. The molecule has 0 aliphatic heterocycles. The molecule has 0 atom stereocenters. The van der Waals surface area contributed by atoms with E-state index in [4.69, 9.17) is 0 Å². The lowest BCUT2D eigenvalue weighted by Crippen LogP contribution is -2.09. The zero-order valence-corrected chi connectivity index (χ0v) is 11.9. The van der Waals surface area contributed by atoms with Crippen LogP contribution in [0.4, 0.5) is 11.4 Å². The number of anilines is 2. The summed E-state index contributed by atoms with van der Waals surface area (Å²) in [6.45, 7) is 4.59. The molecule has 0 radical (unpaired) electrons. The second kappa shape index (κ2) is 6.33. The fourth-order valence-corrected chi connectivity index (χ4v) is 2.35. The molecular formula is C14H17N3OS. The summed E-state index contributed by atoms with van der Waals surface area (Å²) >= 11 is 1.64. The monoisotopic (exact) mass is 275 g/mol. The molecule has 0 saturated heterocycles. The van der Waals surface area contributed by atoms with Gasteiger partial charge in [0, 0.05) is 22.7 Å². The molecule has 0 spiro atoms. The fourth-order valence-electron chi connectivity index (χ4n) is 1.63. The lowest BCUT2D eigenvalue weighted by atomic mass is 10.2. The number of aryl methyl sites for hydroxylation is 1. The van der Waals surface area contributed by atoms with Crippen molar-refractivity contribution in [2.24, 2.45) is 0 Å². The number of hydrogen-bond acceptors (Lipinski definition) is 4. The highest BCUT2D eigenvalue weighted by atomic mass is 32.1. The smallest absolute Gasteiger partial charge is 0.224 e. The maximum atomic E-state index is 11.3. The molecular weight excluding hydrogens is 258 g/mol. The molecule has 2 N–H and O–H groups in total. The number of amides is 1. The van der Waals surface area contributed by atoms with Crippen molar-refractivity contribution in [3.8, 4) is 0 Å². The van der Waals surface area contributed by atoms with Crippen molar-refractivity contribution in [1.82, 2.24) is 4.98 Å². The Morgan fingerprint density at radius 3 is 2.84 bits per heavy atom. The van der Waals surface area contributed by atoms with Gasteiger partial charge in [-0.05, 0) is 25.1 Å². The molecule has 2 aromatic rings. The van der Waals surface area contributed by atoms with Crippen molar-refractivity contribution in [2.75, 3.05) is 10.6 Å². The summed E-state index contributed by atoms with van der Waals surface area (Å²) in [7, 11) is 0. The summed E-state index contributed by atoms with van der Waals surface area (Å²) in [5, 5.41) is 6.19. The number of benzene rings is 1. The number of hydrogen-bond donors (Lipinski definition) is 2. The molecule has 1 aromatic heterocycles. The molecule has 1 amide bonds. The van der Waals surface area contributed by atoms with Crippen LogP contribution in [0.1, 0.15) is 23.9 Å². The third-order valence-electron chi connectivity index (χ3n) is 2.77. The van der Waals surface area contributed by atoms with E-state index in [2.05, 4.69) is 15.6 Å². The predicted octanol–water partition coefficient (Wildman–Crippen LogP) is 3.41. The molecule has 19 heavy (non-hydrogen) atoms. The average molecular weight is 275 g/mol. The summed E-state index contributed by atoms with van der Waals surface area (Å²) in [5.41, 5.74) is 4.72. The molecule has 1 heterocycles. The Hall–Kier alpha value is -1.88. The fraction of sp³-hybridized carbons (Fsp3) is 0.286. The highest BCUT2D eigenvalue weighted by Crippen LogP contribution is 2.18. The number of rotatable bonds is 5. The second-order valence-electron chi connectivity index (χ2n) is 4.20. The lowest BCUT2D eigenvalue weighted by Gasteiger charge is -2.08. The minimum Gasteiger partial charge on any atom is -0.380 e. The van der Waals surface area contributed by atoms with Crippen molar-refractivity contribution in [1.29, 1.82) is 0 Å². The number of carbonyl (C=O) groups is 1. The van der Waals surface area contributed by atoms with Crippen LogP contribution in [0.25, 0.3) is 0 Å². The van der Waals surface area contributed by atoms with Crippen molar-refractivity contribution in [3.63, 3.8) is 0 Å². The van der Waals surface area contributed by atoms with Crippen molar-refractivity contribution in [2.45, 2.75) is 26.8 Å². The third kappa shape index (κ3) is 3.79. The van der Waals surface area contributed by atoms with E-state index in [1.807, 2.05) is 43.6 Å². The highest BCUT2D eigenvalue weighted by molar-refractivity contribution is 7.09. The summed E-state index contributed by atoms with van der Waals surface area (Å²) < 4.78 is 0. The molecule has 0 bridgehead atoms. The zero-order valence-electron chi connectivity index (χ0n) is 11.1. The molecule has 100 valence electrons. The van der Waals surface area contributed by atoms with Gasteiger partial charge in [0.1, 0.15) is 0 Å². The van der Waals surface area contributed by atoms with Gasteiger partial charge in [0.15, 0.2) is 0 Å². The maximum absolute atomic E-state index is 11.3. The van der Waals surface area contributed by atoms with Crippen LogP contribution in [0.2, 0.25) is 0 Å². The number of carbonyl (C=O) groups excluding carboxylic acids is 1. The van der Waals surface area contributed by atoms with Crippen LogP contribution < -0.4 is 10.6 Å². The van der Waals surface area contributed by atoms with Gasteiger partial charge >= 0.3 is 0 Å². The van der Waals surface area contributed by atoms with Crippen molar-refractivity contribution >= 4 is 28.6 Å². The molecule has 4 nitrogen and oxygen atoms in total. The minimum atomic E-state index is 0.0236. The molecule has 0 aliphatic carbocycles. The Labute approximate surface area is 116 Å². The van der Waals surface area contributed by atoms with Gasteiger partial charge in [-0.1, -0.05) is 13.0 Å². The van der Waals surface area contributed by atoms with Gasteiger partial charge < -0.3 is 10.6 Å². The number of nitrogens with one attached hydrogen (secondary N) is 2. The minimum absolute atomic E-state index is 0.0236. The van der Waals surface area contributed by atoms with Gasteiger partial charge in [0.05, 0.1) is 17.7 Å². The predicted molar refractivity (Wildman–Crippen MR) is 79.5 cm³/mol. The van der Waals surface area contributed by atoms with Crippen molar-refractivity contribution in [3.05, 3.63) is 40.3 Å². The van der Waals surface area contributed by atoms with Gasteiger partial charge in [-0.2, -0.15) is 0 Å². The van der Waals surface area contributed by atoms with Gasteiger partial charge in [-0.15, -0.1) is 11.3 Å². The highest BCUT2D eigenvalue weighted by Gasteiger charge is 2.02. The molecule has 2 rings (SSSR count). The zero-order chi connectivity index (χ0) is 13.7. The molecule has 0 saturated carbocycles. The Bertz CT molecular complexity index is 565. The Kier molecular flexibility index (Phi) is 4.52. The normalized spacial score (nSPS) is 10.2. The first-order valence-corrected chi connectivity index (χ1v) is 7.09. The van der Waals surface area contributed by atoms with Crippen LogP contribution in [0.5, 0.6) is 0 Å². The molecule has 5 heteroatoms. The van der Waals surface area contributed by atoms with Gasteiger partial charge in [-0.25, -0.2) is 4.98 Å². The van der Waals surface area contributed by atoms with Gasteiger partial charge in [-0.3, -0.25) is 4.79 Å². The first-order chi connectivity index (χ1) is 9.19. The van der Waals surface area contributed by atoms with E-state index < -0.39 is 0 Å². The average Bonchev–Trinajstić information content (AvgIpc) is 2.82. The van der Waals surface area contributed by atoms with Gasteiger partial charge in [0.2, 0.25) is 5.91 Å². The van der Waals surface area contributed by atoms with E-state index in [0.29, 0.717) is 6.42 Å². The number of nitrogens with zero attached hydrogens (tertiary/aromatic N) is 1. The first kappa shape index (κ1) is 13.5. The van der Waals surface area contributed by atoms with Crippen LogP contribution in [0.3, 0.4) is 0 Å². The van der Waals surface area contributed by atoms with Crippen LogP contribution in [-0.2, 0) is 11.3 Å². The third-order valence-corrected chi connectivity index (χ3v) is 3.70. The summed E-state index contributed by atoms with van der Waals surface area (Å²) in [5.74, 6) is 0.0236. The number of aromatic nitrogens is 1. The maximum Gasteiger partial charge on any atom is 0.224 e. The largest absolute Gasteiger partial charge is 0.380 e. The molecule has 1 aromatic carbocycles.